The maximum absolute atomic E-state index is 5.96. The molecule has 1 aliphatic carbocycles. The summed E-state index contributed by atoms with van der Waals surface area (Å²) in [7, 11) is 0. The van der Waals surface area contributed by atoms with Crippen LogP contribution < -0.4 is 10.5 Å². The lowest BCUT2D eigenvalue weighted by Crippen LogP contribution is -2.30. The number of nitrogens with two attached hydrogens (primary N) is 1. The summed E-state index contributed by atoms with van der Waals surface area (Å²) in [6.07, 6.45) is 6.04. The lowest BCUT2D eigenvalue weighted by molar-refractivity contribution is 0.533. The van der Waals surface area contributed by atoms with E-state index in [-0.39, 0.29) is 0 Å². The molecule has 0 unspecified atom stereocenters. The van der Waals surface area contributed by atoms with Crippen molar-refractivity contribution in [3.8, 4) is 0 Å². The summed E-state index contributed by atoms with van der Waals surface area (Å²) in [5.74, 6) is 0.794. The van der Waals surface area contributed by atoms with Crippen LogP contribution in [0.2, 0.25) is 0 Å². The molecule has 0 aromatic carbocycles. The predicted octanol–water partition coefficient (Wildman–Crippen LogP) is 1.89. The normalized spacial score (nSPS) is 16.5. The van der Waals surface area contributed by atoms with Gasteiger partial charge in [-0.3, -0.25) is 4.98 Å². The summed E-state index contributed by atoms with van der Waals surface area (Å²) in [5, 5.41) is 0.751. The molecule has 1 saturated carbocycles. The molecule has 82 valence electrons. The van der Waals surface area contributed by atoms with Gasteiger partial charge in [-0.15, -0.1) is 0 Å². The topological polar surface area (TPSA) is 63.8 Å². The Morgan fingerprint density at radius 1 is 1.47 bits per heavy atom. The van der Waals surface area contributed by atoms with Crippen molar-refractivity contribution < 1.29 is 0 Å². The van der Waals surface area contributed by atoms with Crippen molar-refractivity contribution >= 4 is 17.8 Å². The minimum Gasteiger partial charge on any atom is -0.321 e. The van der Waals surface area contributed by atoms with Gasteiger partial charge in [0.25, 0.3) is 0 Å². The van der Waals surface area contributed by atoms with Crippen molar-refractivity contribution in [1.82, 2.24) is 9.97 Å². The van der Waals surface area contributed by atoms with Crippen LogP contribution in [0.5, 0.6) is 0 Å². The molecule has 4 nitrogen and oxygen atoms in total. The van der Waals surface area contributed by atoms with Crippen LogP contribution in [0.25, 0.3) is 0 Å². The van der Waals surface area contributed by atoms with E-state index < -0.39 is 5.54 Å². The molecule has 0 spiro atoms. The van der Waals surface area contributed by atoms with Crippen molar-refractivity contribution in [1.29, 1.82) is 0 Å². The van der Waals surface area contributed by atoms with Crippen LogP contribution in [-0.2, 0) is 5.54 Å². The zero-order chi connectivity index (χ0) is 10.9. The van der Waals surface area contributed by atoms with E-state index in [0.29, 0.717) is 0 Å². The van der Waals surface area contributed by atoms with E-state index in [0.717, 1.165) is 16.8 Å². The maximum atomic E-state index is 5.96. The van der Waals surface area contributed by atoms with Crippen molar-refractivity contribution in [3.63, 3.8) is 0 Å². The minimum absolute atomic E-state index is 0.436. The Balaban J connectivity index is 2.04. The van der Waals surface area contributed by atoms with E-state index in [1.54, 1.807) is 24.3 Å². The first-order valence-electron chi connectivity index (χ1n) is 5.09. The summed E-state index contributed by atoms with van der Waals surface area (Å²) in [5.41, 5.74) is 6.33. The molecule has 0 aliphatic heterocycles. The Morgan fingerprint density at radius 2 is 2.20 bits per heavy atom. The van der Waals surface area contributed by atoms with Crippen molar-refractivity contribution in [2.45, 2.75) is 37.5 Å². The summed E-state index contributed by atoms with van der Waals surface area (Å²) in [6.45, 7) is 3.85. The SMILES string of the molecule is CC(C)(N)c1cncc(NSC2CC2)n1. The van der Waals surface area contributed by atoms with Crippen LogP contribution in [0.3, 0.4) is 0 Å². The quantitative estimate of drug-likeness (QED) is 0.765. The molecule has 15 heavy (non-hydrogen) atoms. The molecule has 1 aromatic rings. The number of nitrogens with one attached hydrogen (secondary N) is 1. The standard InChI is InChI=1S/C10H16N4S/c1-10(2,11)8-5-12-6-9(13-8)14-15-7-3-4-7/h5-7H,3-4,11H2,1-2H3,(H,13,14). The number of nitrogens with zero attached hydrogens (tertiary/aromatic N) is 2. The Bertz CT molecular complexity index is 344. The van der Waals surface area contributed by atoms with Gasteiger partial charge in [-0.2, -0.15) is 0 Å². The zero-order valence-corrected chi connectivity index (χ0v) is 9.84. The number of anilines is 1. The summed E-state index contributed by atoms with van der Waals surface area (Å²) >= 11 is 1.72. The molecule has 3 N–H and O–H groups in total. The molecule has 1 fully saturated rings. The zero-order valence-electron chi connectivity index (χ0n) is 9.03. The first-order chi connectivity index (χ1) is 7.05. The van der Waals surface area contributed by atoms with E-state index in [2.05, 4.69) is 14.7 Å². The second-order valence-electron chi connectivity index (χ2n) is 4.43. The fourth-order valence-electron chi connectivity index (χ4n) is 1.06. The second-order valence-corrected chi connectivity index (χ2v) is 5.54. The van der Waals surface area contributed by atoms with Crippen molar-refractivity contribution in [2.75, 3.05) is 4.72 Å². The van der Waals surface area contributed by atoms with E-state index in [9.17, 15) is 0 Å². The lowest BCUT2D eigenvalue weighted by atomic mass is 10.0. The third-order valence-electron chi connectivity index (χ3n) is 2.15. The minimum atomic E-state index is -0.436. The molecule has 0 radical (unpaired) electrons. The lowest BCUT2D eigenvalue weighted by Gasteiger charge is -2.17. The number of rotatable bonds is 4. The smallest absolute Gasteiger partial charge is 0.154 e. The van der Waals surface area contributed by atoms with Gasteiger partial charge in [0.15, 0.2) is 5.82 Å². The van der Waals surface area contributed by atoms with Crippen molar-refractivity contribution in [2.24, 2.45) is 5.73 Å². The Morgan fingerprint density at radius 3 is 2.80 bits per heavy atom. The van der Waals surface area contributed by atoms with Gasteiger partial charge in [0.1, 0.15) is 0 Å². The fourth-order valence-corrected chi connectivity index (χ4v) is 1.81. The van der Waals surface area contributed by atoms with Gasteiger partial charge in [0, 0.05) is 5.25 Å². The Labute approximate surface area is 94.2 Å². The summed E-state index contributed by atoms with van der Waals surface area (Å²) in [4.78, 5) is 8.56. The first kappa shape index (κ1) is 10.7. The van der Waals surface area contributed by atoms with Crippen LogP contribution in [0.4, 0.5) is 5.82 Å². The van der Waals surface area contributed by atoms with Gasteiger partial charge in [0.05, 0.1) is 23.6 Å². The van der Waals surface area contributed by atoms with E-state index >= 15 is 0 Å². The van der Waals surface area contributed by atoms with Crippen LogP contribution in [0.15, 0.2) is 12.4 Å². The molecule has 0 saturated heterocycles. The second kappa shape index (κ2) is 3.98. The fraction of sp³-hybridized carbons (Fsp3) is 0.600. The third kappa shape index (κ3) is 3.07. The predicted molar refractivity (Wildman–Crippen MR) is 63.5 cm³/mol. The molecule has 2 rings (SSSR count). The molecule has 1 heterocycles. The summed E-state index contributed by atoms with van der Waals surface area (Å²) < 4.78 is 3.21. The largest absolute Gasteiger partial charge is 0.321 e. The maximum Gasteiger partial charge on any atom is 0.154 e. The van der Waals surface area contributed by atoms with E-state index in [1.807, 2.05) is 13.8 Å². The highest BCUT2D eigenvalue weighted by atomic mass is 32.2. The highest BCUT2D eigenvalue weighted by Crippen LogP contribution is 2.34. The van der Waals surface area contributed by atoms with Gasteiger partial charge >= 0.3 is 0 Å². The number of aromatic nitrogens is 2. The molecule has 5 heteroatoms. The number of hydrogen-bond acceptors (Lipinski definition) is 5. The average Bonchev–Trinajstić information content (AvgIpc) is 2.97. The van der Waals surface area contributed by atoms with Gasteiger partial charge in [0.2, 0.25) is 0 Å². The molecule has 0 atom stereocenters. The van der Waals surface area contributed by atoms with Crippen LogP contribution in [-0.4, -0.2) is 15.2 Å². The number of hydrogen-bond donors (Lipinski definition) is 2. The Kier molecular flexibility index (Phi) is 2.84. The molecular weight excluding hydrogens is 208 g/mol. The van der Waals surface area contributed by atoms with Crippen LogP contribution in [0.1, 0.15) is 32.4 Å². The molecule has 1 aliphatic rings. The van der Waals surface area contributed by atoms with Crippen LogP contribution in [0, 0.1) is 0 Å². The Hall–Kier alpha value is -0.810. The van der Waals surface area contributed by atoms with Gasteiger partial charge in [-0.25, -0.2) is 4.98 Å². The van der Waals surface area contributed by atoms with Gasteiger partial charge < -0.3 is 10.5 Å². The van der Waals surface area contributed by atoms with Crippen LogP contribution >= 0.6 is 11.9 Å². The first-order valence-corrected chi connectivity index (χ1v) is 5.97. The van der Waals surface area contributed by atoms with Gasteiger partial charge in [-0.1, -0.05) is 0 Å². The highest BCUT2D eigenvalue weighted by Gasteiger charge is 2.22. The third-order valence-corrected chi connectivity index (χ3v) is 3.28. The average molecular weight is 224 g/mol. The molecule has 0 bridgehead atoms. The van der Waals surface area contributed by atoms with E-state index in [1.165, 1.54) is 12.8 Å². The van der Waals surface area contributed by atoms with Crippen molar-refractivity contribution in [3.05, 3.63) is 18.1 Å². The molecule has 1 aromatic heterocycles. The molecular formula is C10H16N4S. The monoisotopic (exact) mass is 224 g/mol. The van der Waals surface area contributed by atoms with E-state index in [4.69, 9.17) is 5.73 Å². The highest BCUT2D eigenvalue weighted by molar-refractivity contribution is 8.01. The molecule has 0 amide bonds. The summed E-state index contributed by atoms with van der Waals surface area (Å²) in [6, 6.07) is 0. The van der Waals surface area contributed by atoms with Gasteiger partial charge in [-0.05, 0) is 38.6 Å².